The standard InChI is InChI=1S/C16H21NO3S2/c18-16(12-9-10-22(19,20)11-12)17-13-5-7-15(8-6-13)21-14-3-1-2-4-14/h5-8,12,14H,1-4,9-11H2,(H,17,18)/t12-/m1/s1. The Morgan fingerprint density at radius 1 is 1.09 bits per heavy atom. The molecule has 0 radical (unpaired) electrons. The fourth-order valence-corrected chi connectivity index (χ4v) is 6.05. The van der Waals surface area contributed by atoms with Crippen molar-refractivity contribution < 1.29 is 13.2 Å². The minimum absolute atomic E-state index is 0.0194. The maximum absolute atomic E-state index is 12.1. The molecule has 4 nitrogen and oxygen atoms in total. The van der Waals surface area contributed by atoms with E-state index in [9.17, 15) is 13.2 Å². The van der Waals surface area contributed by atoms with Crippen LogP contribution in [0.25, 0.3) is 0 Å². The van der Waals surface area contributed by atoms with Crippen molar-refractivity contribution >= 4 is 33.2 Å². The predicted molar refractivity (Wildman–Crippen MR) is 89.9 cm³/mol. The van der Waals surface area contributed by atoms with Crippen molar-refractivity contribution in [2.75, 3.05) is 16.8 Å². The van der Waals surface area contributed by atoms with Gasteiger partial charge in [-0.05, 0) is 43.5 Å². The van der Waals surface area contributed by atoms with E-state index in [2.05, 4.69) is 5.32 Å². The Labute approximate surface area is 136 Å². The fourth-order valence-electron chi connectivity index (χ4n) is 3.06. The van der Waals surface area contributed by atoms with Gasteiger partial charge in [0, 0.05) is 15.8 Å². The third-order valence-electron chi connectivity index (χ3n) is 4.33. The van der Waals surface area contributed by atoms with Gasteiger partial charge in [0.15, 0.2) is 9.84 Å². The molecule has 1 amide bonds. The van der Waals surface area contributed by atoms with Gasteiger partial charge in [0.1, 0.15) is 0 Å². The van der Waals surface area contributed by atoms with Crippen molar-refractivity contribution in [2.45, 2.75) is 42.2 Å². The highest BCUT2D eigenvalue weighted by Crippen LogP contribution is 2.35. The number of sulfone groups is 1. The van der Waals surface area contributed by atoms with Gasteiger partial charge in [-0.1, -0.05) is 12.8 Å². The van der Waals surface area contributed by atoms with Gasteiger partial charge in [0.05, 0.1) is 17.4 Å². The fraction of sp³-hybridized carbons (Fsp3) is 0.562. The summed E-state index contributed by atoms with van der Waals surface area (Å²) in [6.07, 6.45) is 5.68. The highest BCUT2D eigenvalue weighted by molar-refractivity contribution is 8.00. The summed E-state index contributed by atoms with van der Waals surface area (Å²) >= 11 is 1.91. The highest BCUT2D eigenvalue weighted by Gasteiger charge is 2.32. The lowest BCUT2D eigenvalue weighted by molar-refractivity contribution is -0.119. The topological polar surface area (TPSA) is 63.2 Å². The van der Waals surface area contributed by atoms with Crippen LogP contribution in [0.1, 0.15) is 32.1 Å². The minimum atomic E-state index is -3.02. The molecule has 1 aromatic rings. The van der Waals surface area contributed by atoms with Crippen molar-refractivity contribution in [2.24, 2.45) is 5.92 Å². The van der Waals surface area contributed by atoms with E-state index in [1.165, 1.54) is 30.6 Å². The molecule has 0 bridgehead atoms. The van der Waals surface area contributed by atoms with Gasteiger partial charge < -0.3 is 5.32 Å². The maximum Gasteiger partial charge on any atom is 0.228 e. The average Bonchev–Trinajstić information content (AvgIpc) is 3.10. The van der Waals surface area contributed by atoms with Crippen LogP contribution in [0.15, 0.2) is 29.2 Å². The molecule has 1 saturated carbocycles. The van der Waals surface area contributed by atoms with E-state index in [1.807, 2.05) is 36.0 Å². The number of hydrogen-bond acceptors (Lipinski definition) is 4. The number of hydrogen-bond donors (Lipinski definition) is 1. The van der Waals surface area contributed by atoms with Gasteiger partial charge in [-0.2, -0.15) is 0 Å². The summed E-state index contributed by atoms with van der Waals surface area (Å²) in [4.78, 5) is 13.3. The Balaban J connectivity index is 1.55. The van der Waals surface area contributed by atoms with E-state index in [0.29, 0.717) is 6.42 Å². The Kier molecular flexibility index (Phi) is 4.78. The highest BCUT2D eigenvalue weighted by atomic mass is 32.2. The molecule has 2 fully saturated rings. The zero-order chi connectivity index (χ0) is 15.6. The molecule has 1 atom stereocenters. The number of thioether (sulfide) groups is 1. The molecule has 22 heavy (non-hydrogen) atoms. The predicted octanol–water partition coefficient (Wildman–Crippen LogP) is 3.09. The molecule has 1 N–H and O–H groups in total. The summed E-state index contributed by atoms with van der Waals surface area (Å²) in [6.45, 7) is 0. The molecule has 1 aliphatic carbocycles. The first kappa shape index (κ1) is 15.9. The summed E-state index contributed by atoms with van der Waals surface area (Å²) < 4.78 is 22.8. The monoisotopic (exact) mass is 339 g/mol. The molecular weight excluding hydrogens is 318 g/mol. The first-order chi connectivity index (χ1) is 10.5. The van der Waals surface area contributed by atoms with E-state index >= 15 is 0 Å². The van der Waals surface area contributed by atoms with E-state index < -0.39 is 15.8 Å². The van der Waals surface area contributed by atoms with E-state index in [0.717, 1.165) is 10.9 Å². The zero-order valence-electron chi connectivity index (χ0n) is 12.5. The van der Waals surface area contributed by atoms with Gasteiger partial charge in [-0.15, -0.1) is 11.8 Å². The van der Waals surface area contributed by atoms with Gasteiger partial charge in [0.25, 0.3) is 0 Å². The molecule has 1 heterocycles. The van der Waals surface area contributed by atoms with Gasteiger partial charge in [-0.3, -0.25) is 4.79 Å². The summed E-state index contributed by atoms with van der Waals surface area (Å²) in [5, 5.41) is 3.56. The largest absolute Gasteiger partial charge is 0.326 e. The summed E-state index contributed by atoms with van der Waals surface area (Å²) in [5.41, 5.74) is 0.741. The summed E-state index contributed by atoms with van der Waals surface area (Å²) in [6, 6.07) is 7.87. The number of benzene rings is 1. The van der Waals surface area contributed by atoms with Crippen LogP contribution in [0, 0.1) is 5.92 Å². The molecule has 1 aliphatic heterocycles. The van der Waals surface area contributed by atoms with Crippen LogP contribution >= 0.6 is 11.8 Å². The molecule has 0 unspecified atom stereocenters. The normalized spacial score (nSPS) is 24.5. The number of carbonyl (C=O) groups excluding carboxylic acids is 1. The minimum Gasteiger partial charge on any atom is -0.326 e. The molecule has 2 aliphatic rings. The maximum atomic E-state index is 12.1. The molecule has 6 heteroatoms. The molecule has 3 rings (SSSR count). The van der Waals surface area contributed by atoms with Crippen molar-refractivity contribution in [1.29, 1.82) is 0 Å². The lowest BCUT2D eigenvalue weighted by atomic mass is 10.1. The molecule has 120 valence electrons. The second-order valence-corrected chi connectivity index (χ2v) is 9.74. The SMILES string of the molecule is O=C(Nc1ccc(SC2CCCC2)cc1)[C@@H]1CCS(=O)(=O)C1. The van der Waals surface area contributed by atoms with Crippen LogP contribution in [-0.2, 0) is 14.6 Å². The Hall–Kier alpha value is -1.01. The van der Waals surface area contributed by atoms with Crippen molar-refractivity contribution in [1.82, 2.24) is 0 Å². The first-order valence-corrected chi connectivity index (χ1v) is 10.5. The molecule has 1 aromatic carbocycles. The Bertz CT molecular complexity index is 634. The molecule has 0 aromatic heterocycles. The quantitative estimate of drug-likeness (QED) is 0.915. The number of amides is 1. The van der Waals surface area contributed by atoms with Crippen LogP contribution in [0.4, 0.5) is 5.69 Å². The summed E-state index contributed by atoms with van der Waals surface area (Å²) in [5.74, 6) is -0.480. The number of carbonyl (C=O) groups is 1. The van der Waals surface area contributed by atoms with Crippen molar-refractivity contribution in [3.63, 3.8) is 0 Å². The van der Waals surface area contributed by atoms with Crippen LogP contribution < -0.4 is 5.32 Å². The summed E-state index contributed by atoms with van der Waals surface area (Å²) in [7, 11) is -3.02. The van der Waals surface area contributed by atoms with E-state index in [1.54, 1.807) is 0 Å². The molecule has 0 spiro atoms. The van der Waals surface area contributed by atoms with Crippen LogP contribution in [0.2, 0.25) is 0 Å². The number of nitrogens with one attached hydrogen (secondary N) is 1. The van der Waals surface area contributed by atoms with Crippen molar-refractivity contribution in [3.8, 4) is 0 Å². The van der Waals surface area contributed by atoms with Crippen molar-refractivity contribution in [3.05, 3.63) is 24.3 Å². The zero-order valence-corrected chi connectivity index (χ0v) is 14.1. The molecular formula is C16H21NO3S2. The first-order valence-electron chi connectivity index (χ1n) is 7.80. The third-order valence-corrected chi connectivity index (χ3v) is 7.45. The Morgan fingerprint density at radius 2 is 1.77 bits per heavy atom. The second kappa shape index (κ2) is 6.62. The van der Waals surface area contributed by atoms with Crippen LogP contribution in [-0.4, -0.2) is 31.1 Å². The van der Waals surface area contributed by atoms with Gasteiger partial charge in [0.2, 0.25) is 5.91 Å². The lowest BCUT2D eigenvalue weighted by Gasteiger charge is -2.11. The van der Waals surface area contributed by atoms with E-state index in [-0.39, 0.29) is 17.4 Å². The second-order valence-electron chi connectivity index (χ2n) is 6.14. The number of rotatable bonds is 4. The van der Waals surface area contributed by atoms with Gasteiger partial charge in [-0.25, -0.2) is 8.42 Å². The van der Waals surface area contributed by atoms with Crippen LogP contribution in [0.3, 0.4) is 0 Å². The average molecular weight is 339 g/mol. The van der Waals surface area contributed by atoms with Gasteiger partial charge >= 0.3 is 0 Å². The number of anilines is 1. The third kappa shape index (κ3) is 4.04. The Morgan fingerprint density at radius 3 is 2.36 bits per heavy atom. The van der Waals surface area contributed by atoms with Crippen LogP contribution in [0.5, 0.6) is 0 Å². The lowest BCUT2D eigenvalue weighted by Crippen LogP contribution is -2.23. The molecule has 1 saturated heterocycles. The van der Waals surface area contributed by atoms with E-state index in [4.69, 9.17) is 0 Å². The smallest absolute Gasteiger partial charge is 0.228 e.